The van der Waals surface area contributed by atoms with Crippen LogP contribution in [0.1, 0.15) is 38.2 Å². The molecule has 2 rings (SSSR count). The Kier molecular flexibility index (Phi) is 9.00. The molecule has 3 heteroatoms. The van der Waals surface area contributed by atoms with Crippen LogP contribution in [-0.4, -0.2) is 50.8 Å². The summed E-state index contributed by atoms with van der Waals surface area (Å²) < 4.78 is 5.39. The monoisotopic (exact) mass is 316 g/mol. The fraction of sp³-hybridized carbons (Fsp3) is 0.600. The molecule has 1 saturated heterocycles. The number of hydrogen-bond acceptors (Lipinski definition) is 3. The van der Waals surface area contributed by atoms with Gasteiger partial charge in [-0.1, -0.05) is 61.7 Å². The van der Waals surface area contributed by atoms with Crippen LogP contribution in [0.3, 0.4) is 0 Å². The van der Waals surface area contributed by atoms with Gasteiger partial charge < -0.3 is 10.1 Å². The zero-order valence-corrected chi connectivity index (χ0v) is 14.6. The van der Waals surface area contributed by atoms with Gasteiger partial charge in [-0.05, 0) is 18.4 Å². The first-order valence-corrected chi connectivity index (χ1v) is 9.14. The van der Waals surface area contributed by atoms with Gasteiger partial charge in [-0.3, -0.25) is 4.90 Å². The van der Waals surface area contributed by atoms with E-state index in [-0.39, 0.29) is 0 Å². The van der Waals surface area contributed by atoms with Gasteiger partial charge in [0.15, 0.2) is 0 Å². The van der Waals surface area contributed by atoms with Gasteiger partial charge in [0.05, 0.1) is 13.2 Å². The molecule has 0 bridgehead atoms. The summed E-state index contributed by atoms with van der Waals surface area (Å²) in [6.45, 7) is 9.36. The summed E-state index contributed by atoms with van der Waals surface area (Å²) in [6, 6.07) is 10.7. The third kappa shape index (κ3) is 7.78. The van der Waals surface area contributed by atoms with Crippen molar-refractivity contribution in [1.29, 1.82) is 0 Å². The summed E-state index contributed by atoms with van der Waals surface area (Å²) in [5.41, 5.74) is 2.83. The van der Waals surface area contributed by atoms with Gasteiger partial charge in [-0.25, -0.2) is 0 Å². The van der Waals surface area contributed by atoms with Crippen molar-refractivity contribution in [2.75, 3.05) is 45.9 Å². The lowest BCUT2D eigenvalue weighted by Gasteiger charge is -2.26. The van der Waals surface area contributed by atoms with Gasteiger partial charge in [0.2, 0.25) is 0 Å². The molecule has 1 aliphatic heterocycles. The van der Waals surface area contributed by atoms with E-state index in [0.29, 0.717) is 0 Å². The summed E-state index contributed by atoms with van der Waals surface area (Å²) in [4.78, 5) is 2.48. The van der Waals surface area contributed by atoms with Gasteiger partial charge in [-0.2, -0.15) is 0 Å². The molecule has 0 saturated carbocycles. The number of unbranched alkanes of at least 4 members (excludes halogenated alkanes) is 2. The van der Waals surface area contributed by atoms with E-state index in [2.05, 4.69) is 53.5 Å². The molecule has 0 amide bonds. The third-order valence-corrected chi connectivity index (χ3v) is 4.33. The topological polar surface area (TPSA) is 24.5 Å². The van der Waals surface area contributed by atoms with Crippen LogP contribution in [0, 0.1) is 0 Å². The Balaban J connectivity index is 1.76. The molecule has 1 aromatic carbocycles. The minimum atomic E-state index is 0.885. The van der Waals surface area contributed by atoms with E-state index in [4.69, 9.17) is 4.74 Å². The summed E-state index contributed by atoms with van der Waals surface area (Å²) in [5, 5.41) is 3.63. The molecule has 0 radical (unpaired) electrons. The molecular weight excluding hydrogens is 284 g/mol. The molecular formula is C20H32N2O. The zero-order chi connectivity index (χ0) is 16.2. The maximum absolute atomic E-state index is 5.39. The zero-order valence-electron chi connectivity index (χ0n) is 14.6. The second-order valence-electron chi connectivity index (χ2n) is 6.30. The van der Waals surface area contributed by atoms with Crippen molar-refractivity contribution in [1.82, 2.24) is 10.2 Å². The van der Waals surface area contributed by atoms with Gasteiger partial charge in [-0.15, -0.1) is 0 Å². The minimum Gasteiger partial charge on any atom is -0.379 e. The van der Waals surface area contributed by atoms with Crippen LogP contribution in [0.15, 0.2) is 35.9 Å². The molecule has 0 aromatic heterocycles. The molecule has 3 nitrogen and oxygen atoms in total. The van der Waals surface area contributed by atoms with Crippen LogP contribution < -0.4 is 5.32 Å². The second-order valence-corrected chi connectivity index (χ2v) is 6.30. The van der Waals surface area contributed by atoms with E-state index in [0.717, 1.165) is 45.9 Å². The fourth-order valence-corrected chi connectivity index (χ4v) is 2.91. The van der Waals surface area contributed by atoms with E-state index in [1.165, 1.54) is 36.8 Å². The Morgan fingerprint density at radius 3 is 2.70 bits per heavy atom. The molecule has 1 aliphatic rings. The van der Waals surface area contributed by atoms with Gasteiger partial charge in [0.25, 0.3) is 0 Å². The number of morpholine rings is 1. The smallest absolute Gasteiger partial charge is 0.0594 e. The highest BCUT2D eigenvalue weighted by molar-refractivity contribution is 5.52. The molecule has 128 valence electrons. The van der Waals surface area contributed by atoms with Crippen LogP contribution in [0.2, 0.25) is 0 Å². The average Bonchev–Trinajstić information content (AvgIpc) is 2.60. The Hall–Kier alpha value is -1.16. The van der Waals surface area contributed by atoms with Gasteiger partial charge >= 0.3 is 0 Å². The first-order chi connectivity index (χ1) is 11.4. The highest BCUT2D eigenvalue weighted by atomic mass is 16.5. The van der Waals surface area contributed by atoms with Crippen molar-refractivity contribution in [3.05, 3.63) is 41.5 Å². The summed E-state index contributed by atoms with van der Waals surface area (Å²) >= 11 is 0. The normalized spacial score (nSPS) is 16.7. The molecule has 0 atom stereocenters. The standard InChI is InChI=1S/C20H32N2O/c1-2-3-5-10-20(17-19-8-6-4-7-9-19)18-21-11-12-22-13-15-23-16-14-22/h4,6-9,17,21H,2-3,5,10-16,18H2,1H3/b20-17+. The third-order valence-electron chi connectivity index (χ3n) is 4.33. The average molecular weight is 316 g/mol. The molecule has 0 spiro atoms. The van der Waals surface area contributed by atoms with Crippen molar-refractivity contribution < 1.29 is 4.74 Å². The van der Waals surface area contributed by atoms with E-state index in [1.807, 2.05) is 0 Å². The van der Waals surface area contributed by atoms with E-state index in [9.17, 15) is 0 Å². The number of rotatable bonds is 10. The first kappa shape index (κ1) is 18.2. The number of benzene rings is 1. The van der Waals surface area contributed by atoms with E-state index >= 15 is 0 Å². The summed E-state index contributed by atoms with van der Waals surface area (Å²) in [5.74, 6) is 0. The first-order valence-electron chi connectivity index (χ1n) is 9.14. The second kappa shape index (κ2) is 11.4. The molecule has 1 fully saturated rings. The van der Waals surface area contributed by atoms with Gasteiger partial charge in [0.1, 0.15) is 0 Å². The van der Waals surface area contributed by atoms with Gasteiger partial charge in [0, 0.05) is 32.7 Å². The van der Waals surface area contributed by atoms with Crippen LogP contribution in [0.25, 0.3) is 6.08 Å². The number of ether oxygens (including phenoxy) is 1. The Morgan fingerprint density at radius 1 is 1.17 bits per heavy atom. The molecule has 1 N–H and O–H groups in total. The minimum absolute atomic E-state index is 0.885. The van der Waals surface area contributed by atoms with E-state index < -0.39 is 0 Å². The predicted molar refractivity (Wildman–Crippen MR) is 98.7 cm³/mol. The predicted octanol–water partition coefficient (Wildman–Crippen LogP) is 3.57. The van der Waals surface area contributed by atoms with Crippen molar-refractivity contribution in [3.63, 3.8) is 0 Å². The molecule has 23 heavy (non-hydrogen) atoms. The van der Waals surface area contributed by atoms with E-state index in [1.54, 1.807) is 0 Å². The lowest BCUT2D eigenvalue weighted by atomic mass is 10.0. The quantitative estimate of drug-likeness (QED) is 0.668. The van der Waals surface area contributed by atoms with Crippen LogP contribution >= 0.6 is 0 Å². The van der Waals surface area contributed by atoms with Crippen molar-refractivity contribution in [3.8, 4) is 0 Å². The lowest BCUT2D eigenvalue weighted by molar-refractivity contribution is 0.0385. The maximum atomic E-state index is 5.39. The van der Waals surface area contributed by atoms with Crippen LogP contribution in [-0.2, 0) is 4.74 Å². The van der Waals surface area contributed by atoms with Crippen LogP contribution in [0.5, 0.6) is 0 Å². The highest BCUT2D eigenvalue weighted by Gasteiger charge is 2.09. The molecule has 1 heterocycles. The maximum Gasteiger partial charge on any atom is 0.0594 e. The number of hydrogen-bond donors (Lipinski definition) is 1. The van der Waals surface area contributed by atoms with Crippen molar-refractivity contribution in [2.24, 2.45) is 0 Å². The lowest BCUT2D eigenvalue weighted by Crippen LogP contribution is -2.40. The number of nitrogens with zero attached hydrogens (tertiary/aromatic N) is 1. The summed E-state index contributed by atoms with van der Waals surface area (Å²) in [7, 11) is 0. The van der Waals surface area contributed by atoms with Crippen molar-refractivity contribution in [2.45, 2.75) is 32.6 Å². The molecule has 1 aromatic rings. The van der Waals surface area contributed by atoms with Crippen molar-refractivity contribution >= 4 is 6.08 Å². The van der Waals surface area contributed by atoms with Crippen LogP contribution in [0.4, 0.5) is 0 Å². The highest BCUT2D eigenvalue weighted by Crippen LogP contribution is 2.13. The SMILES string of the molecule is CCCCC/C(=C\c1ccccc1)CNCCN1CCOCC1. The molecule has 0 aliphatic carbocycles. The Bertz CT molecular complexity index is 438. The fourth-order valence-electron chi connectivity index (χ4n) is 2.91. The Morgan fingerprint density at radius 2 is 1.96 bits per heavy atom. The number of nitrogens with one attached hydrogen (secondary N) is 1. The largest absolute Gasteiger partial charge is 0.379 e. The summed E-state index contributed by atoms with van der Waals surface area (Å²) in [6.07, 6.45) is 7.45. The molecule has 0 unspecified atom stereocenters. The Labute approximate surface area is 141 Å².